The Morgan fingerprint density at radius 1 is 1.52 bits per heavy atom. The van der Waals surface area contributed by atoms with Crippen molar-refractivity contribution in [1.82, 2.24) is 9.78 Å². The van der Waals surface area contributed by atoms with Crippen LogP contribution in [-0.2, 0) is 9.53 Å². The summed E-state index contributed by atoms with van der Waals surface area (Å²) in [4.78, 5) is 12.7. The van der Waals surface area contributed by atoms with E-state index in [2.05, 4.69) is 10.4 Å². The standard InChI is InChI=1S/C18H23FN4O2/c1-4-25-15-11-18(20,17(15,2)3)16(24)22-12-6-7-14(13(19)10-12)23-9-5-8-21-23/h5-10,15H,4,11,20H2,1-3H3,(H,22,24). The second kappa shape index (κ2) is 6.24. The number of carbonyl (C=O) groups excluding carboxylic acids is 1. The molecule has 1 aromatic heterocycles. The van der Waals surface area contributed by atoms with Crippen LogP contribution in [0.2, 0.25) is 0 Å². The third kappa shape index (κ3) is 2.83. The number of nitrogens with two attached hydrogens (primary N) is 1. The summed E-state index contributed by atoms with van der Waals surface area (Å²) in [5, 5.41) is 6.73. The molecule has 0 saturated heterocycles. The molecule has 25 heavy (non-hydrogen) atoms. The average Bonchev–Trinajstić information content (AvgIpc) is 3.08. The summed E-state index contributed by atoms with van der Waals surface area (Å²) in [6.45, 7) is 6.32. The van der Waals surface area contributed by atoms with Gasteiger partial charge in [-0.25, -0.2) is 9.07 Å². The Balaban J connectivity index is 1.75. The predicted molar refractivity (Wildman–Crippen MR) is 92.9 cm³/mol. The summed E-state index contributed by atoms with van der Waals surface area (Å²) < 4.78 is 21.4. The summed E-state index contributed by atoms with van der Waals surface area (Å²) in [6, 6.07) is 6.17. The minimum atomic E-state index is -1.05. The lowest BCUT2D eigenvalue weighted by Crippen LogP contribution is -2.74. The number of carbonyl (C=O) groups is 1. The third-order valence-electron chi connectivity index (χ3n) is 5.19. The van der Waals surface area contributed by atoms with Crippen molar-refractivity contribution in [3.05, 3.63) is 42.5 Å². The highest BCUT2D eigenvalue weighted by Gasteiger charge is 2.62. The first-order valence-electron chi connectivity index (χ1n) is 8.31. The van der Waals surface area contributed by atoms with Crippen LogP contribution in [0.1, 0.15) is 27.2 Å². The Hall–Kier alpha value is -2.25. The van der Waals surface area contributed by atoms with Gasteiger partial charge in [-0.1, -0.05) is 13.8 Å². The molecule has 0 radical (unpaired) electrons. The molecule has 1 fully saturated rings. The number of rotatable bonds is 5. The lowest BCUT2D eigenvalue weighted by molar-refractivity contribution is -0.166. The molecule has 3 rings (SSSR count). The molecule has 1 heterocycles. The SMILES string of the molecule is CCOC1CC(N)(C(=O)Nc2ccc(-n3cccn3)c(F)c2)C1(C)C. The van der Waals surface area contributed by atoms with Crippen molar-refractivity contribution in [3.63, 3.8) is 0 Å². The quantitative estimate of drug-likeness (QED) is 0.871. The summed E-state index contributed by atoms with van der Waals surface area (Å²) >= 11 is 0. The van der Waals surface area contributed by atoms with Gasteiger partial charge < -0.3 is 15.8 Å². The molecule has 1 aromatic carbocycles. The van der Waals surface area contributed by atoms with Crippen molar-refractivity contribution in [2.75, 3.05) is 11.9 Å². The predicted octanol–water partition coefficient (Wildman–Crippen LogP) is 2.48. The minimum absolute atomic E-state index is 0.0628. The monoisotopic (exact) mass is 346 g/mol. The molecule has 6 nitrogen and oxygen atoms in total. The first-order chi connectivity index (χ1) is 11.8. The number of benzene rings is 1. The zero-order valence-corrected chi connectivity index (χ0v) is 14.6. The molecule has 134 valence electrons. The maximum absolute atomic E-state index is 14.3. The van der Waals surface area contributed by atoms with Gasteiger partial charge in [0, 0.05) is 36.5 Å². The highest BCUT2D eigenvalue weighted by atomic mass is 19.1. The maximum Gasteiger partial charge on any atom is 0.245 e. The van der Waals surface area contributed by atoms with Crippen molar-refractivity contribution >= 4 is 11.6 Å². The van der Waals surface area contributed by atoms with Crippen molar-refractivity contribution in [2.24, 2.45) is 11.1 Å². The van der Waals surface area contributed by atoms with Gasteiger partial charge in [-0.15, -0.1) is 0 Å². The van der Waals surface area contributed by atoms with Crippen LogP contribution in [-0.4, -0.2) is 33.9 Å². The fraction of sp³-hybridized carbons (Fsp3) is 0.444. The lowest BCUT2D eigenvalue weighted by atomic mass is 9.54. The topological polar surface area (TPSA) is 82.2 Å². The van der Waals surface area contributed by atoms with Crippen molar-refractivity contribution in [1.29, 1.82) is 0 Å². The first kappa shape index (κ1) is 17.6. The second-order valence-corrected chi connectivity index (χ2v) is 6.91. The number of nitrogens with one attached hydrogen (secondary N) is 1. The van der Waals surface area contributed by atoms with Crippen LogP contribution in [0.25, 0.3) is 5.69 Å². The van der Waals surface area contributed by atoms with Crippen LogP contribution in [0, 0.1) is 11.2 Å². The number of hydrogen-bond donors (Lipinski definition) is 2. The van der Waals surface area contributed by atoms with Gasteiger partial charge >= 0.3 is 0 Å². The Kier molecular flexibility index (Phi) is 4.38. The van der Waals surface area contributed by atoms with Crippen LogP contribution < -0.4 is 11.1 Å². The van der Waals surface area contributed by atoms with Crippen LogP contribution in [0.3, 0.4) is 0 Å². The lowest BCUT2D eigenvalue weighted by Gasteiger charge is -2.57. The highest BCUT2D eigenvalue weighted by molar-refractivity contribution is 5.99. The molecule has 0 aliphatic heterocycles. The van der Waals surface area contributed by atoms with E-state index in [0.717, 1.165) is 0 Å². The molecule has 1 amide bonds. The molecule has 2 unspecified atom stereocenters. The molecule has 7 heteroatoms. The zero-order valence-electron chi connectivity index (χ0n) is 14.6. The second-order valence-electron chi connectivity index (χ2n) is 6.91. The zero-order chi connectivity index (χ0) is 18.2. The molecular weight excluding hydrogens is 323 g/mol. The van der Waals surface area contributed by atoms with Crippen molar-refractivity contribution < 1.29 is 13.9 Å². The van der Waals surface area contributed by atoms with E-state index >= 15 is 0 Å². The fourth-order valence-electron chi connectivity index (χ4n) is 3.24. The smallest absolute Gasteiger partial charge is 0.245 e. The maximum atomic E-state index is 14.3. The van der Waals surface area contributed by atoms with Gasteiger partial charge in [-0.05, 0) is 31.2 Å². The molecule has 1 saturated carbocycles. The van der Waals surface area contributed by atoms with Gasteiger partial charge in [0.05, 0.1) is 6.10 Å². The number of hydrogen-bond acceptors (Lipinski definition) is 4. The van der Waals surface area contributed by atoms with E-state index in [1.54, 1.807) is 30.6 Å². The van der Waals surface area contributed by atoms with Crippen LogP contribution >= 0.6 is 0 Å². The number of amides is 1. The fourth-order valence-corrected chi connectivity index (χ4v) is 3.24. The van der Waals surface area contributed by atoms with Gasteiger partial charge in [0.1, 0.15) is 11.2 Å². The van der Waals surface area contributed by atoms with Crippen molar-refractivity contribution in [2.45, 2.75) is 38.8 Å². The molecule has 1 aliphatic rings. The number of ether oxygens (including phenoxy) is 1. The molecule has 3 N–H and O–H groups in total. The Morgan fingerprint density at radius 3 is 2.84 bits per heavy atom. The number of halogens is 1. The summed E-state index contributed by atoms with van der Waals surface area (Å²) in [7, 11) is 0. The molecule has 2 atom stereocenters. The van der Waals surface area contributed by atoms with Gasteiger partial charge in [-0.3, -0.25) is 4.79 Å². The van der Waals surface area contributed by atoms with E-state index in [1.807, 2.05) is 20.8 Å². The molecule has 2 aromatic rings. The molecular formula is C18H23FN4O2. The third-order valence-corrected chi connectivity index (χ3v) is 5.19. The molecule has 0 bridgehead atoms. The van der Waals surface area contributed by atoms with E-state index in [1.165, 1.54) is 10.7 Å². The number of aromatic nitrogens is 2. The van der Waals surface area contributed by atoms with Crippen LogP contribution in [0.15, 0.2) is 36.7 Å². The van der Waals surface area contributed by atoms with Gasteiger partial charge in [0.2, 0.25) is 5.91 Å². The Labute approximate surface area is 146 Å². The summed E-state index contributed by atoms with van der Waals surface area (Å²) in [5.41, 5.74) is 5.46. The first-order valence-corrected chi connectivity index (χ1v) is 8.31. The van der Waals surface area contributed by atoms with E-state index in [-0.39, 0.29) is 12.0 Å². The average molecular weight is 346 g/mol. The Bertz CT molecular complexity index is 775. The minimum Gasteiger partial charge on any atom is -0.378 e. The summed E-state index contributed by atoms with van der Waals surface area (Å²) in [6.07, 6.45) is 3.59. The largest absolute Gasteiger partial charge is 0.378 e. The number of anilines is 1. The van der Waals surface area contributed by atoms with E-state index in [0.29, 0.717) is 24.4 Å². The van der Waals surface area contributed by atoms with Gasteiger partial charge in [-0.2, -0.15) is 5.10 Å². The van der Waals surface area contributed by atoms with Crippen LogP contribution in [0.4, 0.5) is 10.1 Å². The van der Waals surface area contributed by atoms with Gasteiger partial charge in [0.15, 0.2) is 5.82 Å². The van der Waals surface area contributed by atoms with Gasteiger partial charge in [0.25, 0.3) is 0 Å². The summed E-state index contributed by atoms with van der Waals surface area (Å²) in [5.74, 6) is -0.813. The Morgan fingerprint density at radius 2 is 2.28 bits per heavy atom. The van der Waals surface area contributed by atoms with E-state index in [4.69, 9.17) is 10.5 Å². The normalized spacial score (nSPS) is 24.6. The van der Waals surface area contributed by atoms with Crippen LogP contribution in [0.5, 0.6) is 0 Å². The number of nitrogens with zero attached hydrogens (tertiary/aromatic N) is 2. The van der Waals surface area contributed by atoms with E-state index in [9.17, 15) is 9.18 Å². The van der Waals surface area contributed by atoms with Crippen molar-refractivity contribution in [3.8, 4) is 5.69 Å². The molecule has 1 aliphatic carbocycles. The molecule has 0 spiro atoms. The van der Waals surface area contributed by atoms with E-state index < -0.39 is 16.8 Å². The highest BCUT2D eigenvalue weighted by Crippen LogP contribution is 2.50.